The molecule has 1 aliphatic rings. The highest BCUT2D eigenvalue weighted by molar-refractivity contribution is 9.10. The standard InChI is InChI=1S/C34H29BrN2O3/c1-21-18-26-29(33(40)36(21)24-10-6-4-7-11-24)31(30-27(38)19-34(2,3)20-28(30)39)32(22-14-16-23(35)17-15-22)37(26)25-12-8-5-9-13-25/h4-18,38H,19-20H2,1-3H3. The molecule has 0 amide bonds. The fourth-order valence-corrected chi connectivity index (χ4v) is 6.18. The van der Waals surface area contributed by atoms with Gasteiger partial charge in [-0.15, -0.1) is 0 Å². The molecule has 2 heterocycles. The number of carbonyl (C=O) groups is 1. The van der Waals surface area contributed by atoms with Crippen molar-refractivity contribution in [3.63, 3.8) is 0 Å². The van der Waals surface area contributed by atoms with Crippen molar-refractivity contribution in [2.75, 3.05) is 0 Å². The van der Waals surface area contributed by atoms with Crippen LogP contribution >= 0.6 is 15.9 Å². The lowest BCUT2D eigenvalue weighted by molar-refractivity contribution is -0.116. The first-order chi connectivity index (χ1) is 19.2. The lowest BCUT2D eigenvalue weighted by Crippen LogP contribution is -2.26. The lowest BCUT2D eigenvalue weighted by Gasteiger charge is -2.30. The van der Waals surface area contributed by atoms with Crippen LogP contribution in [0.25, 0.3) is 39.1 Å². The zero-order chi connectivity index (χ0) is 28.2. The molecular weight excluding hydrogens is 564 g/mol. The Kier molecular flexibility index (Phi) is 6.38. The summed E-state index contributed by atoms with van der Waals surface area (Å²) in [6, 6.07) is 29.2. The zero-order valence-electron chi connectivity index (χ0n) is 22.6. The van der Waals surface area contributed by atoms with Crippen LogP contribution in [-0.4, -0.2) is 20.0 Å². The number of aromatic nitrogens is 2. The molecule has 1 N–H and O–H groups in total. The number of ketones is 1. The molecule has 2 aromatic heterocycles. The van der Waals surface area contributed by atoms with Crippen molar-refractivity contribution in [2.24, 2.45) is 5.41 Å². The van der Waals surface area contributed by atoms with Crippen molar-refractivity contribution in [1.29, 1.82) is 0 Å². The van der Waals surface area contributed by atoms with E-state index in [0.717, 1.165) is 27.1 Å². The largest absolute Gasteiger partial charge is 0.512 e. The lowest BCUT2D eigenvalue weighted by atomic mass is 9.74. The van der Waals surface area contributed by atoms with E-state index >= 15 is 0 Å². The average molecular weight is 594 g/mol. The first-order valence-corrected chi connectivity index (χ1v) is 14.1. The Morgan fingerprint density at radius 3 is 1.95 bits per heavy atom. The summed E-state index contributed by atoms with van der Waals surface area (Å²) in [6.07, 6.45) is 0.632. The van der Waals surface area contributed by atoms with Crippen molar-refractivity contribution < 1.29 is 9.90 Å². The predicted molar refractivity (Wildman–Crippen MR) is 164 cm³/mol. The third kappa shape index (κ3) is 4.33. The topological polar surface area (TPSA) is 64.2 Å². The number of hydrogen-bond acceptors (Lipinski definition) is 3. The molecule has 0 unspecified atom stereocenters. The van der Waals surface area contributed by atoms with Crippen LogP contribution in [0.5, 0.6) is 0 Å². The van der Waals surface area contributed by atoms with E-state index in [2.05, 4.69) is 15.9 Å². The number of fused-ring (bicyclic) bond motifs is 1. The summed E-state index contributed by atoms with van der Waals surface area (Å²) in [5, 5.41) is 11.9. The molecule has 5 aromatic rings. The molecule has 3 aromatic carbocycles. The number of Topliss-reactive ketones (excluding diaryl/α,β-unsaturated/α-hetero) is 1. The number of benzene rings is 3. The Morgan fingerprint density at radius 2 is 1.38 bits per heavy atom. The van der Waals surface area contributed by atoms with Crippen molar-refractivity contribution >= 4 is 38.2 Å². The fourth-order valence-electron chi connectivity index (χ4n) is 5.92. The van der Waals surface area contributed by atoms with Crippen LogP contribution < -0.4 is 5.56 Å². The monoisotopic (exact) mass is 592 g/mol. The second kappa shape index (κ2) is 9.79. The van der Waals surface area contributed by atoms with Gasteiger partial charge in [0.25, 0.3) is 5.56 Å². The summed E-state index contributed by atoms with van der Waals surface area (Å²) in [4.78, 5) is 28.4. The first-order valence-electron chi connectivity index (χ1n) is 13.3. The molecule has 0 bridgehead atoms. The number of rotatable bonds is 4. The van der Waals surface area contributed by atoms with Gasteiger partial charge in [-0.05, 0) is 60.4 Å². The zero-order valence-corrected chi connectivity index (χ0v) is 24.2. The molecule has 40 heavy (non-hydrogen) atoms. The third-order valence-corrected chi connectivity index (χ3v) is 8.10. The number of allylic oxidation sites excluding steroid dienone is 2. The summed E-state index contributed by atoms with van der Waals surface area (Å²) in [7, 11) is 0. The quantitative estimate of drug-likeness (QED) is 0.229. The average Bonchev–Trinajstić information content (AvgIpc) is 3.23. The van der Waals surface area contributed by atoms with Crippen molar-refractivity contribution in [3.05, 3.63) is 123 Å². The fraction of sp³-hybridized carbons (Fsp3) is 0.176. The summed E-state index contributed by atoms with van der Waals surface area (Å²) in [5.74, 6) is -0.136. The van der Waals surface area contributed by atoms with Crippen LogP contribution in [0.2, 0.25) is 0 Å². The smallest absolute Gasteiger partial charge is 0.265 e. The number of aliphatic hydroxyl groups excluding tert-OH is 1. The maximum Gasteiger partial charge on any atom is 0.265 e. The SMILES string of the molecule is Cc1cc2c(c(C3=C(O)CC(C)(C)CC3=O)c(-c3ccc(Br)cc3)n2-c2ccccc2)c(=O)n1-c1ccccc1. The van der Waals surface area contributed by atoms with Crippen LogP contribution in [0, 0.1) is 12.3 Å². The van der Waals surface area contributed by atoms with Gasteiger partial charge >= 0.3 is 0 Å². The number of pyridine rings is 1. The molecule has 6 heteroatoms. The highest BCUT2D eigenvalue weighted by atomic mass is 79.9. The van der Waals surface area contributed by atoms with Gasteiger partial charge in [0.1, 0.15) is 5.76 Å². The van der Waals surface area contributed by atoms with Crippen molar-refractivity contribution in [1.82, 2.24) is 9.13 Å². The number of carbonyl (C=O) groups excluding carboxylic acids is 1. The Bertz CT molecular complexity index is 1860. The van der Waals surface area contributed by atoms with Gasteiger partial charge in [0.2, 0.25) is 0 Å². The predicted octanol–water partition coefficient (Wildman–Crippen LogP) is 8.18. The second-order valence-electron chi connectivity index (χ2n) is 11.2. The van der Waals surface area contributed by atoms with E-state index in [4.69, 9.17) is 0 Å². The van der Waals surface area contributed by atoms with Gasteiger partial charge in [0.15, 0.2) is 5.78 Å². The molecule has 1 aliphatic carbocycles. The highest BCUT2D eigenvalue weighted by Crippen LogP contribution is 2.46. The van der Waals surface area contributed by atoms with E-state index in [9.17, 15) is 14.7 Å². The van der Waals surface area contributed by atoms with Crippen LogP contribution in [0.1, 0.15) is 37.9 Å². The number of aliphatic hydroxyl groups is 1. The number of nitrogens with zero attached hydrogens (tertiary/aromatic N) is 2. The van der Waals surface area contributed by atoms with Gasteiger partial charge in [0.05, 0.1) is 22.2 Å². The van der Waals surface area contributed by atoms with Crippen molar-refractivity contribution in [2.45, 2.75) is 33.6 Å². The summed E-state index contributed by atoms with van der Waals surface area (Å²) in [5.41, 5.74) is 4.69. The Labute approximate surface area is 241 Å². The summed E-state index contributed by atoms with van der Waals surface area (Å²) >= 11 is 3.54. The number of para-hydroxylation sites is 2. The molecule has 0 saturated carbocycles. The molecular formula is C34H29BrN2O3. The van der Waals surface area contributed by atoms with Gasteiger partial charge in [-0.25, -0.2) is 0 Å². The first kappa shape index (κ1) is 26.1. The maximum atomic E-state index is 14.6. The Hall–Kier alpha value is -4.16. The van der Waals surface area contributed by atoms with E-state index in [0.29, 0.717) is 28.6 Å². The molecule has 0 atom stereocenters. The van der Waals surface area contributed by atoms with Gasteiger partial charge in [-0.3, -0.25) is 14.2 Å². The minimum absolute atomic E-state index is 0.0259. The normalized spacial score (nSPS) is 15.2. The third-order valence-electron chi connectivity index (χ3n) is 7.57. The molecule has 5 nitrogen and oxygen atoms in total. The van der Waals surface area contributed by atoms with E-state index in [-0.39, 0.29) is 34.5 Å². The van der Waals surface area contributed by atoms with E-state index in [1.54, 1.807) is 4.57 Å². The van der Waals surface area contributed by atoms with Crippen LogP contribution in [0.15, 0.2) is 106 Å². The molecule has 0 radical (unpaired) electrons. The maximum absolute atomic E-state index is 14.6. The van der Waals surface area contributed by atoms with Crippen LogP contribution in [0.3, 0.4) is 0 Å². The molecule has 0 aliphatic heterocycles. The van der Waals surface area contributed by atoms with E-state index in [1.165, 1.54) is 0 Å². The van der Waals surface area contributed by atoms with Crippen LogP contribution in [-0.2, 0) is 4.79 Å². The Morgan fingerprint density at radius 1 is 0.800 bits per heavy atom. The molecule has 0 saturated heterocycles. The van der Waals surface area contributed by atoms with E-state index < -0.39 is 0 Å². The van der Waals surface area contributed by atoms with Gasteiger partial charge in [-0.2, -0.15) is 0 Å². The Balaban J connectivity index is 1.85. The second-order valence-corrected chi connectivity index (χ2v) is 12.1. The van der Waals surface area contributed by atoms with E-state index in [1.807, 2.05) is 116 Å². The van der Waals surface area contributed by atoms with Gasteiger partial charge in [0, 0.05) is 39.9 Å². The molecule has 0 spiro atoms. The molecule has 200 valence electrons. The van der Waals surface area contributed by atoms with Crippen LogP contribution in [0.4, 0.5) is 0 Å². The highest BCUT2D eigenvalue weighted by Gasteiger charge is 2.38. The minimum Gasteiger partial charge on any atom is -0.512 e. The number of hydrogen-bond donors (Lipinski definition) is 1. The van der Waals surface area contributed by atoms with Gasteiger partial charge in [-0.1, -0.05) is 78.3 Å². The molecule has 0 fully saturated rings. The summed E-state index contributed by atoms with van der Waals surface area (Å²) in [6.45, 7) is 5.87. The van der Waals surface area contributed by atoms with Crippen molar-refractivity contribution in [3.8, 4) is 22.6 Å². The number of halogens is 1. The summed E-state index contributed by atoms with van der Waals surface area (Å²) < 4.78 is 4.65. The van der Waals surface area contributed by atoms with Gasteiger partial charge < -0.3 is 9.67 Å². The number of aryl methyl sites for hydroxylation is 1. The molecule has 6 rings (SSSR count). The minimum atomic E-state index is -0.374.